The van der Waals surface area contributed by atoms with Gasteiger partial charge in [-0.15, -0.1) is 6.58 Å². The number of hydrogen-bond acceptors (Lipinski definition) is 11. The Balaban J connectivity index is 1.44. The van der Waals surface area contributed by atoms with Crippen LogP contribution in [0, 0.1) is 5.92 Å². The summed E-state index contributed by atoms with van der Waals surface area (Å²) < 4.78 is 49.9. The van der Waals surface area contributed by atoms with Crippen LogP contribution in [0.15, 0.2) is 43.1 Å². The first-order valence-electron chi connectivity index (χ1n) is 16.4. The molecule has 2 saturated carbocycles. The number of likely N-dealkylation sites (tertiary alicyclic amines) is 1. The summed E-state index contributed by atoms with van der Waals surface area (Å²) in [4.78, 5) is 60.3. The summed E-state index contributed by atoms with van der Waals surface area (Å²) in [6.45, 7) is 10.3. The smallest absolute Gasteiger partial charge is 0.408 e. The quantitative estimate of drug-likeness (QED) is 0.258. The van der Waals surface area contributed by atoms with E-state index in [0.29, 0.717) is 24.0 Å². The molecule has 5 rings (SSSR count). The highest BCUT2D eigenvalue weighted by molar-refractivity contribution is 7.91. The fourth-order valence-corrected chi connectivity index (χ4v) is 7.39. The predicted molar refractivity (Wildman–Crippen MR) is 182 cm³/mol. The fraction of sp³-hybridized carbons (Fsp3) is 0.559. The molecule has 1 aromatic carbocycles. The minimum atomic E-state index is -3.90. The van der Waals surface area contributed by atoms with Crippen LogP contribution in [0.1, 0.15) is 53.4 Å². The number of nitrogens with one attached hydrogen (secondary N) is 3. The number of nitrogens with zero attached hydrogens (tertiary/aromatic N) is 2. The van der Waals surface area contributed by atoms with E-state index in [1.54, 1.807) is 59.2 Å². The lowest BCUT2D eigenvalue weighted by Gasteiger charge is -2.32. The first-order valence-corrected chi connectivity index (χ1v) is 18.0. The standard InChI is InChI=1S/C34H45N5O10S/c1-8-21-17-34(21,31(42)38-50(44,45)24-10-11-24)37-28(40)26-16-23(48-29-25-12-9-22(47-7)15-20(25)13-14-35-29)18-39(26)30(41)27(19(2)46-6)36-32(43)49-33(3,4)5/h8-9,12-15,19,21,23-24,26-27H,1,10-11,16-18H2,2-7H3,(H,36,43)(H,37,40)(H,38,42)/t19-,21+,23+,26-,27-,34+/m0/s1. The minimum absolute atomic E-state index is 0.0108. The van der Waals surface area contributed by atoms with E-state index in [9.17, 15) is 27.6 Å². The van der Waals surface area contributed by atoms with Gasteiger partial charge >= 0.3 is 6.09 Å². The normalized spacial score (nSPS) is 24.4. The molecule has 16 heteroatoms. The third-order valence-corrected chi connectivity index (χ3v) is 10.9. The number of fused-ring (bicyclic) bond motifs is 1. The number of amides is 4. The van der Waals surface area contributed by atoms with Crippen LogP contribution in [0.5, 0.6) is 11.6 Å². The molecule has 0 bridgehead atoms. The van der Waals surface area contributed by atoms with Gasteiger partial charge in [-0.2, -0.15) is 0 Å². The summed E-state index contributed by atoms with van der Waals surface area (Å²) in [5.41, 5.74) is -2.43. The maximum Gasteiger partial charge on any atom is 0.408 e. The average Bonchev–Trinajstić information content (AvgIpc) is 3.98. The van der Waals surface area contributed by atoms with Gasteiger partial charge in [0, 0.05) is 31.0 Å². The number of aromatic nitrogens is 1. The molecule has 1 saturated heterocycles. The van der Waals surface area contributed by atoms with Crippen molar-refractivity contribution in [1.82, 2.24) is 25.2 Å². The zero-order valence-electron chi connectivity index (χ0n) is 29.1. The van der Waals surface area contributed by atoms with Gasteiger partial charge in [0.25, 0.3) is 5.91 Å². The molecule has 1 aromatic heterocycles. The van der Waals surface area contributed by atoms with Gasteiger partial charge in [-0.25, -0.2) is 18.2 Å². The first-order chi connectivity index (χ1) is 23.5. The molecule has 272 valence electrons. The molecule has 2 aromatic rings. The van der Waals surface area contributed by atoms with Crippen LogP contribution in [0.25, 0.3) is 10.8 Å². The maximum absolute atomic E-state index is 14.3. The lowest BCUT2D eigenvalue weighted by atomic mass is 10.1. The number of ether oxygens (including phenoxy) is 4. The van der Waals surface area contributed by atoms with Gasteiger partial charge in [-0.05, 0) is 76.6 Å². The summed E-state index contributed by atoms with van der Waals surface area (Å²) in [6.07, 6.45) is 1.62. The molecule has 0 radical (unpaired) electrons. The molecule has 3 aliphatic rings. The zero-order chi connectivity index (χ0) is 36.6. The van der Waals surface area contributed by atoms with E-state index in [-0.39, 0.29) is 25.3 Å². The lowest BCUT2D eigenvalue weighted by molar-refractivity contribution is -0.143. The number of methoxy groups -OCH3 is 2. The fourth-order valence-electron chi connectivity index (χ4n) is 6.03. The average molecular weight is 716 g/mol. The summed E-state index contributed by atoms with van der Waals surface area (Å²) in [7, 11) is -0.968. The second-order valence-corrected chi connectivity index (χ2v) is 15.9. The lowest BCUT2D eigenvalue weighted by Crippen LogP contribution is -2.60. The largest absolute Gasteiger partial charge is 0.497 e. The summed E-state index contributed by atoms with van der Waals surface area (Å²) in [5, 5.41) is 6.15. The van der Waals surface area contributed by atoms with Gasteiger partial charge in [0.15, 0.2) is 0 Å². The molecule has 1 aliphatic heterocycles. The van der Waals surface area contributed by atoms with Gasteiger partial charge < -0.3 is 34.5 Å². The van der Waals surface area contributed by atoms with Gasteiger partial charge in [0.1, 0.15) is 35.1 Å². The van der Waals surface area contributed by atoms with Crippen molar-refractivity contribution in [3.05, 3.63) is 43.1 Å². The Bertz CT molecular complexity index is 1770. The van der Waals surface area contributed by atoms with Gasteiger partial charge in [-0.3, -0.25) is 19.1 Å². The number of benzene rings is 1. The second-order valence-electron chi connectivity index (χ2n) is 13.9. The van der Waals surface area contributed by atoms with Crippen LogP contribution >= 0.6 is 0 Å². The van der Waals surface area contributed by atoms with Gasteiger partial charge in [0.2, 0.25) is 27.7 Å². The highest BCUT2D eigenvalue weighted by Gasteiger charge is 2.62. The van der Waals surface area contributed by atoms with Crippen molar-refractivity contribution < 1.29 is 46.5 Å². The SMILES string of the molecule is C=C[C@@H]1C[C@]1(NC(=O)[C@@H]1C[C@@H](Oc2nccc3cc(OC)ccc23)CN1C(=O)[C@@H](NC(=O)OC(C)(C)C)[C@H](C)OC)C(=O)NS(=O)(=O)C1CC1. The first kappa shape index (κ1) is 36.8. The van der Waals surface area contributed by atoms with E-state index in [4.69, 9.17) is 18.9 Å². The number of carbonyl (C=O) groups excluding carboxylic acids is 4. The van der Waals surface area contributed by atoms with Crippen LogP contribution in [-0.4, -0.2) is 104 Å². The van der Waals surface area contributed by atoms with E-state index in [0.717, 1.165) is 5.39 Å². The Kier molecular flexibility index (Phi) is 10.4. The zero-order valence-corrected chi connectivity index (χ0v) is 29.9. The van der Waals surface area contributed by atoms with Crippen LogP contribution in [0.2, 0.25) is 0 Å². The Hall–Kier alpha value is -4.44. The molecule has 2 aliphatic carbocycles. The van der Waals surface area contributed by atoms with E-state index >= 15 is 0 Å². The van der Waals surface area contributed by atoms with E-state index in [2.05, 4.69) is 26.9 Å². The molecular formula is C34H45N5O10S. The summed E-state index contributed by atoms with van der Waals surface area (Å²) in [5.74, 6) is -1.85. The Labute approximate surface area is 291 Å². The van der Waals surface area contributed by atoms with Crippen LogP contribution in [-0.2, 0) is 33.9 Å². The topological polar surface area (TPSA) is 192 Å². The third kappa shape index (κ3) is 7.96. The molecular weight excluding hydrogens is 670 g/mol. The number of carbonyl (C=O) groups is 4. The third-order valence-electron chi connectivity index (χ3n) is 9.09. The Morgan fingerprint density at radius 2 is 1.86 bits per heavy atom. The van der Waals surface area contributed by atoms with Crippen molar-refractivity contribution in [2.45, 2.75) is 94.1 Å². The molecule has 2 heterocycles. The Morgan fingerprint density at radius 1 is 1.14 bits per heavy atom. The monoisotopic (exact) mass is 715 g/mol. The number of rotatable bonds is 13. The second kappa shape index (κ2) is 14.1. The minimum Gasteiger partial charge on any atom is -0.497 e. The van der Waals surface area contributed by atoms with Crippen molar-refractivity contribution in [2.75, 3.05) is 20.8 Å². The molecule has 0 spiro atoms. The molecule has 0 unspecified atom stereocenters. The van der Waals surface area contributed by atoms with Crippen molar-refractivity contribution >= 4 is 44.6 Å². The van der Waals surface area contributed by atoms with Crippen molar-refractivity contribution in [1.29, 1.82) is 0 Å². The highest BCUT2D eigenvalue weighted by Crippen LogP contribution is 2.45. The predicted octanol–water partition coefficient (Wildman–Crippen LogP) is 2.19. The number of alkyl carbamates (subject to hydrolysis) is 1. The molecule has 15 nitrogen and oxygen atoms in total. The van der Waals surface area contributed by atoms with Crippen LogP contribution in [0.3, 0.4) is 0 Å². The summed E-state index contributed by atoms with van der Waals surface area (Å²) >= 11 is 0. The molecule has 50 heavy (non-hydrogen) atoms. The van der Waals surface area contributed by atoms with E-state index < -0.39 is 80.4 Å². The van der Waals surface area contributed by atoms with Crippen LogP contribution in [0.4, 0.5) is 4.79 Å². The van der Waals surface area contributed by atoms with E-state index in [1.165, 1.54) is 18.1 Å². The van der Waals surface area contributed by atoms with Crippen LogP contribution < -0.4 is 24.8 Å². The number of pyridine rings is 1. The van der Waals surface area contributed by atoms with Gasteiger partial charge in [-0.1, -0.05) is 6.08 Å². The number of hydrogen-bond donors (Lipinski definition) is 3. The molecule has 3 fully saturated rings. The Morgan fingerprint density at radius 3 is 2.46 bits per heavy atom. The van der Waals surface area contributed by atoms with Gasteiger partial charge in [0.05, 0.1) is 25.0 Å². The maximum atomic E-state index is 14.3. The highest BCUT2D eigenvalue weighted by atomic mass is 32.2. The number of sulfonamides is 1. The van der Waals surface area contributed by atoms with Crippen molar-refractivity contribution in [3.8, 4) is 11.6 Å². The molecule has 4 amide bonds. The summed E-state index contributed by atoms with van der Waals surface area (Å²) in [6, 6.07) is 4.71. The van der Waals surface area contributed by atoms with Crippen molar-refractivity contribution in [3.63, 3.8) is 0 Å². The van der Waals surface area contributed by atoms with Crippen molar-refractivity contribution in [2.24, 2.45) is 5.92 Å². The molecule has 6 atom stereocenters. The molecule has 3 N–H and O–H groups in total. The van der Waals surface area contributed by atoms with E-state index in [1.807, 2.05) is 6.07 Å².